The van der Waals surface area contributed by atoms with Crippen molar-refractivity contribution in [3.8, 4) is 5.75 Å². The van der Waals surface area contributed by atoms with Crippen LogP contribution in [0.2, 0.25) is 5.02 Å². The number of nitrogens with zero attached hydrogens (tertiary/aromatic N) is 3. The number of anilines is 1. The second kappa shape index (κ2) is 13.4. The molecule has 0 radical (unpaired) electrons. The van der Waals surface area contributed by atoms with Crippen LogP contribution in [0.25, 0.3) is 5.65 Å². The van der Waals surface area contributed by atoms with Crippen LogP contribution in [0.5, 0.6) is 5.75 Å². The number of fused-ring (bicyclic) bond motifs is 2. The minimum absolute atomic E-state index is 0.0467. The lowest BCUT2D eigenvalue weighted by molar-refractivity contribution is 0.0926. The Bertz CT molecular complexity index is 2190. The molecule has 2 heterocycles. The fourth-order valence-corrected chi connectivity index (χ4v) is 6.05. The third kappa shape index (κ3) is 6.57. The first-order valence-corrected chi connectivity index (χ1v) is 15.5. The summed E-state index contributed by atoms with van der Waals surface area (Å²) >= 11 is 6.29. The van der Waals surface area contributed by atoms with Crippen molar-refractivity contribution in [3.63, 3.8) is 0 Å². The third-order valence-electron chi connectivity index (χ3n) is 8.42. The molecule has 0 aliphatic heterocycles. The molecular weight excluding hydrogens is 658 g/mol. The molecule has 14 heteroatoms. The molecule has 0 saturated heterocycles. The van der Waals surface area contributed by atoms with E-state index in [1.54, 1.807) is 18.2 Å². The van der Waals surface area contributed by atoms with Crippen molar-refractivity contribution < 1.29 is 32.7 Å². The van der Waals surface area contributed by atoms with E-state index in [1.165, 1.54) is 38.4 Å². The van der Waals surface area contributed by atoms with Crippen molar-refractivity contribution in [3.05, 3.63) is 122 Å². The highest BCUT2D eigenvalue weighted by Crippen LogP contribution is 2.35. The Morgan fingerprint density at radius 2 is 1.78 bits per heavy atom. The van der Waals surface area contributed by atoms with E-state index in [4.69, 9.17) is 16.3 Å². The van der Waals surface area contributed by atoms with E-state index in [0.29, 0.717) is 24.2 Å². The molecule has 3 aromatic carbocycles. The molecule has 3 amide bonds. The number of nitrogens with one attached hydrogen (secondary N) is 3. The summed E-state index contributed by atoms with van der Waals surface area (Å²) in [5, 5.41) is 12.8. The SMILES string of the molecule is COc1ccc(Cl)c(NC(=O)c2cnn3c(C(=O)N[C@H]4CCc5c4ccc(C(C)=O)c5C)cc(C(=O)NCc4ccc(F)c(F)c4)nc23)c1. The van der Waals surface area contributed by atoms with Crippen molar-refractivity contribution >= 4 is 46.4 Å². The maximum absolute atomic E-state index is 13.9. The summed E-state index contributed by atoms with van der Waals surface area (Å²) < 4.78 is 33.6. The first kappa shape index (κ1) is 33.2. The zero-order valence-electron chi connectivity index (χ0n) is 26.5. The van der Waals surface area contributed by atoms with Crippen LogP contribution >= 0.6 is 11.6 Å². The number of carbonyl (C=O) groups excluding carboxylic acids is 4. The largest absolute Gasteiger partial charge is 0.497 e. The molecule has 49 heavy (non-hydrogen) atoms. The Morgan fingerprint density at radius 1 is 0.980 bits per heavy atom. The summed E-state index contributed by atoms with van der Waals surface area (Å²) in [7, 11) is 1.46. The van der Waals surface area contributed by atoms with Gasteiger partial charge in [0.05, 0.1) is 30.1 Å². The van der Waals surface area contributed by atoms with Gasteiger partial charge in [-0.05, 0) is 73.2 Å². The average Bonchev–Trinajstić information content (AvgIpc) is 3.70. The van der Waals surface area contributed by atoms with Crippen molar-refractivity contribution in [2.45, 2.75) is 39.3 Å². The molecule has 0 spiro atoms. The first-order valence-electron chi connectivity index (χ1n) is 15.1. The monoisotopic (exact) mass is 686 g/mol. The lowest BCUT2D eigenvalue weighted by atomic mass is 9.96. The van der Waals surface area contributed by atoms with Gasteiger partial charge in [-0.3, -0.25) is 19.2 Å². The summed E-state index contributed by atoms with van der Waals surface area (Å²) in [5.41, 5.74) is 3.39. The fourth-order valence-electron chi connectivity index (χ4n) is 5.88. The van der Waals surface area contributed by atoms with Crippen LogP contribution in [0, 0.1) is 18.6 Å². The second-order valence-electron chi connectivity index (χ2n) is 11.5. The topological polar surface area (TPSA) is 144 Å². The van der Waals surface area contributed by atoms with Gasteiger partial charge in [-0.2, -0.15) is 5.10 Å². The molecule has 1 atom stereocenters. The Balaban J connectivity index is 1.35. The summed E-state index contributed by atoms with van der Waals surface area (Å²) in [5.74, 6) is -3.73. The fraction of sp³-hybridized carbons (Fsp3) is 0.200. The van der Waals surface area contributed by atoms with Crippen LogP contribution in [0.3, 0.4) is 0 Å². The highest BCUT2D eigenvalue weighted by Gasteiger charge is 2.29. The Hall–Kier alpha value is -5.69. The minimum Gasteiger partial charge on any atom is -0.497 e. The normalized spacial score (nSPS) is 13.6. The van der Waals surface area contributed by atoms with Gasteiger partial charge in [-0.1, -0.05) is 29.8 Å². The van der Waals surface area contributed by atoms with E-state index in [0.717, 1.165) is 33.3 Å². The highest BCUT2D eigenvalue weighted by molar-refractivity contribution is 6.34. The number of aromatic nitrogens is 3. The summed E-state index contributed by atoms with van der Waals surface area (Å²) in [6.07, 6.45) is 2.44. The predicted molar refractivity (Wildman–Crippen MR) is 176 cm³/mol. The molecule has 1 aliphatic carbocycles. The number of hydrogen-bond donors (Lipinski definition) is 3. The molecule has 11 nitrogen and oxygen atoms in total. The number of benzene rings is 3. The van der Waals surface area contributed by atoms with E-state index < -0.39 is 35.4 Å². The molecule has 0 fully saturated rings. The standard InChI is InChI=1S/C35H29ClF2N6O5/c1-17-21(18(2)45)6-7-23-22(17)8-11-28(23)42-35(48)31-14-30(34(47)39-15-19-4-10-26(37)27(38)12-19)41-32-24(16-40-44(31)32)33(46)43-29-13-20(49-3)5-9-25(29)36/h4-7,9-10,12-14,16,28H,8,11,15H2,1-3H3,(H,39,47)(H,42,48)(H,43,46)/t28-/m0/s1. The number of amides is 3. The van der Waals surface area contributed by atoms with E-state index in [1.807, 2.05) is 13.0 Å². The minimum atomic E-state index is -1.07. The van der Waals surface area contributed by atoms with Crippen LogP contribution in [-0.2, 0) is 13.0 Å². The van der Waals surface area contributed by atoms with Gasteiger partial charge >= 0.3 is 0 Å². The molecule has 5 aromatic rings. The van der Waals surface area contributed by atoms with Crippen molar-refractivity contribution in [2.24, 2.45) is 0 Å². The lowest BCUT2D eigenvalue weighted by Crippen LogP contribution is -2.31. The molecule has 1 aliphatic rings. The maximum Gasteiger partial charge on any atom is 0.270 e. The first-order chi connectivity index (χ1) is 23.4. The lowest BCUT2D eigenvalue weighted by Gasteiger charge is -2.16. The molecular formula is C35H29ClF2N6O5. The van der Waals surface area contributed by atoms with Crippen molar-refractivity contribution in [1.82, 2.24) is 25.2 Å². The van der Waals surface area contributed by atoms with E-state index in [2.05, 4.69) is 26.0 Å². The second-order valence-corrected chi connectivity index (χ2v) is 11.9. The van der Waals surface area contributed by atoms with Crippen LogP contribution in [0.15, 0.2) is 60.8 Å². The van der Waals surface area contributed by atoms with Gasteiger partial charge in [0, 0.05) is 24.2 Å². The van der Waals surface area contributed by atoms with Gasteiger partial charge in [0.15, 0.2) is 23.1 Å². The van der Waals surface area contributed by atoms with Crippen LogP contribution in [-0.4, -0.2) is 45.2 Å². The van der Waals surface area contributed by atoms with Gasteiger partial charge in [-0.25, -0.2) is 18.3 Å². The maximum atomic E-state index is 13.9. The Labute approximate surface area is 283 Å². The van der Waals surface area contributed by atoms with Crippen molar-refractivity contribution in [2.75, 3.05) is 12.4 Å². The summed E-state index contributed by atoms with van der Waals surface area (Å²) in [4.78, 5) is 57.2. The van der Waals surface area contributed by atoms with E-state index in [9.17, 15) is 28.0 Å². The van der Waals surface area contributed by atoms with E-state index in [-0.39, 0.29) is 51.2 Å². The predicted octanol–water partition coefficient (Wildman–Crippen LogP) is 5.78. The van der Waals surface area contributed by atoms with Crippen LogP contribution < -0.4 is 20.7 Å². The Kier molecular flexibility index (Phi) is 9.11. The quantitative estimate of drug-likeness (QED) is 0.167. The zero-order chi connectivity index (χ0) is 35.0. The number of hydrogen-bond acceptors (Lipinski definition) is 7. The highest BCUT2D eigenvalue weighted by atomic mass is 35.5. The van der Waals surface area contributed by atoms with Gasteiger partial charge < -0.3 is 20.7 Å². The van der Waals surface area contributed by atoms with Crippen molar-refractivity contribution in [1.29, 1.82) is 0 Å². The van der Waals surface area contributed by atoms with Crippen LogP contribution in [0.4, 0.5) is 14.5 Å². The van der Waals surface area contributed by atoms with Gasteiger partial charge in [0.1, 0.15) is 22.7 Å². The number of rotatable bonds is 9. The molecule has 0 bridgehead atoms. The zero-order valence-corrected chi connectivity index (χ0v) is 27.2. The van der Waals surface area contributed by atoms with Crippen LogP contribution in [0.1, 0.15) is 83.3 Å². The number of methoxy groups -OCH3 is 1. The molecule has 0 unspecified atom stereocenters. The summed E-state index contributed by atoms with van der Waals surface area (Å²) in [6.45, 7) is 3.21. The summed E-state index contributed by atoms with van der Waals surface area (Å²) in [6, 6.07) is 12.3. The molecule has 3 N–H and O–H groups in total. The van der Waals surface area contributed by atoms with Gasteiger partial charge in [0.25, 0.3) is 17.7 Å². The Morgan fingerprint density at radius 3 is 2.51 bits per heavy atom. The number of halogens is 3. The van der Waals surface area contributed by atoms with Gasteiger partial charge in [0.2, 0.25) is 0 Å². The average molecular weight is 687 g/mol. The molecule has 2 aromatic heterocycles. The number of ketones is 1. The number of carbonyl (C=O) groups is 4. The molecule has 6 rings (SSSR count). The number of ether oxygens (including phenoxy) is 1. The number of Topliss-reactive ketones (excluding diaryl/α,β-unsaturated/α-hetero) is 1. The smallest absolute Gasteiger partial charge is 0.270 e. The molecule has 250 valence electrons. The third-order valence-corrected chi connectivity index (χ3v) is 8.75. The van der Waals surface area contributed by atoms with Gasteiger partial charge in [-0.15, -0.1) is 0 Å². The molecule has 0 saturated carbocycles. The van der Waals surface area contributed by atoms with E-state index >= 15 is 0 Å².